The molecule has 1 atom stereocenters. The van der Waals surface area contributed by atoms with Gasteiger partial charge in [-0.15, -0.1) is 0 Å². The largest absolute Gasteiger partial charge is 0.494 e. The van der Waals surface area contributed by atoms with E-state index in [4.69, 9.17) is 9.47 Å². The molecule has 0 amide bonds. The molecule has 1 aliphatic rings. The molecular weight excluding hydrogens is 298 g/mol. The van der Waals surface area contributed by atoms with E-state index in [1.165, 1.54) is 16.7 Å². The standard InChI is InChI=1S/C21H27NO2/c1-3-5-13-24-18-8-6-7-17(15-18)21-20-10-9-19(23-4-2)14-16(20)11-12-22-21/h6-10,14-15,21-22H,3-5,11-13H2,1-2H3. The Hall–Kier alpha value is -2.00. The molecule has 0 radical (unpaired) electrons. The second kappa shape index (κ2) is 8.20. The number of ether oxygens (including phenoxy) is 2. The highest BCUT2D eigenvalue weighted by Gasteiger charge is 2.22. The van der Waals surface area contributed by atoms with Crippen molar-refractivity contribution in [2.45, 2.75) is 39.2 Å². The normalized spacial score (nSPS) is 16.5. The predicted octanol–water partition coefficient (Wildman–Crippen LogP) is 4.50. The monoisotopic (exact) mass is 325 g/mol. The zero-order valence-electron chi connectivity index (χ0n) is 14.7. The Bertz CT molecular complexity index is 669. The Labute approximate surface area is 145 Å². The van der Waals surface area contributed by atoms with Crippen LogP contribution in [0.1, 0.15) is 49.4 Å². The third-order valence-electron chi connectivity index (χ3n) is 4.44. The second-order valence-electron chi connectivity index (χ2n) is 6.21. The molecule has 0 saturated heterocycles. The van der Waals surface area contributed by atoms with Crippen molar-refractivity contribution in [2.24, 2.45) is 0 Å². The summed E-state index contributed by atoms with van der Waals surface area (Å²) in [6.45, 7) is 6.67. The van der Waals surface area contributed by atoms with Crippen molar-refractivity contribution in [1.82, 2.24) is 5.32 Å². The van der Waals surface area contributed by atoms with Gasteiger partial charge in [-0.25, -0.2) is 0 Å². The lowest BCUT2D eigenvalue weighted by Gasteiger charge is -2.28. The fourth-order valence-electron chi connectivity index (χ4n) is 3.21. The molecule has 1 N–H and O–H groups in total. The summed E-state index contributed by atoms with van der Waals surface area (Å²) in [4.78, 5) is 0. The molecule has 2 aromatic rings. The molecule has 3 heteroatoms. The number of fused-ring (bicyclic) bond motifs is 1. The van der Waals surface area contributed by atoms with Crippen LogP contribution in [-0.2, 0) is 6.42 Å². The molecule has 0 saturated carbocycles. The molecule has 3 rings (SSSR count). The second-order valence-corrected chi connectivity index (χ2v) is 6.21. The van der Waals surface area contributed by atoms with Crippen LogP contribution in [0.4, 0.5) is 0 Å². The summed E-state index contributed by atoms with van der Waals surface area (Å²) >= 11 is 0. The first-order valence-electron chi connectivity index (χ1n) is 9.03. The maximum Gasteiger partial charge on any atom is 0.119 e. The topological polar surface area (TPSA) is 30.5 Å². The Morgan fingerprint density at radius 2 is 1.92 bits per heavy atom. The molecule has 3 nitrogen and oxygen atoms in total. The lowest BCUT2D eigenvalue weighted by molar-refractivity contribution is 0.309. The third kappa shape index (κ3) is 3.90. The maximum absolute atomic E-state index is 5.87. The minimum atomic E-state index is 0.221. The zero-order valence-corrected chi connectivity index (χ0v) is 14.7. The molecule has 2 aromatic carbocycles. The van der Waals surface area contributed by atoms with Crippen LogP contribution < -0.4 is 14.8 Å². The molecular formula is C21H27NO2. The van der Waals surface area contributed by atoms with Crippen LogP contribution in [0, 0.1) is 0 Å². The Balaban J connectivity index is 1.82. The smallest absolute Gasteiger partial charge is 0.119 e. The van der Waals surface area contributed by atoms with Gasteiger partial charge in [-0.3, -0.25) is 0 Å². The fraction of sp³-hybridized carbons (Fsp3) is 0.429. The number of hydrogen-bond donors (Lipinski definition) is 1. The summed E-state index contributed by atoms with van der Waals surface area (Å²) in [5, 5.41) is 3.64. The van der Waals surface area contributed by atoms with E-state index in [9.17, 15) is 0 Å². The minimum Gasteiger partial charge on any atom is -0.494 e. The minimum absolute atomic E-state index is 0.221. The summed E-state index contributed by atoms with van der Waals surface area (Å²) in [7, 11) is 0. The molecule has 0 aromatic heterocycles. The predicted molar refractivity (Wildman–Crippen MR) is 98.0 cm³/mol. The lowest BCUT2D eigenvalue weighted by atomic mass is 9.89. The highest BCUT2D eigenvalue weighted by molar-refractivity contribution is 5.45. The van der Waals surface area contributed by atoms with Crippen LogP contribution in [0.5, 0.6) is 11.5 Å². The Morgan fingerprint density at radius 1 is 1.04 bits per heavy atom. The van der Waals surface area contributed by atoms with Crippen LogP contribution >= 0.6 is 0 Å². The van der Waals surface area contributed by atoms with Gasteiger partial charge in [-0.2, -0.15) is 0 Å². The van der Waals surface area contributed by atoms with Gasteiger partial charge in [0, 0.05) is 6.54 Å². The molecule has 24 heavy (non-hydrogen) atoms. The van der Waals surface area contributed by atoms with E-state index in [2.05, 4.69) is 48.6 Å². The maximum atomic E-state index is 5.87. The van der Waals surface area contributed by atoms with Gasteiger partial charge in [0.25, 0.3) is 0 Å². The van der Waals surface area contributed by atoms with E-state index >= 15 is 0 Å². The van der Waals surface area contributed by atoms with Gasteiger partial charge >= 0.3 is 0 Å². The molecule has 0 aliphatic carbocycles. The van der Waals surface area contributed by atoms with Crippen LogP contribution in [0.3, 0.4) is 0 Å². The zero-order chi connectivity index (χ0) is 16.8. The van der Waals surface area contributed by atoms with Gasteiger partial charge in [0.2, 0.25) is 0 Å². The molecule has 0 spiro atoms. The van der Waals surface area contributed by atoms with Crippen LogP contribution in [0.15, 0.2) is 42.5 Å². The molecule has 0 fully saturated rings. The summed E-state index contributed by atoms with van der Waals surface area (Å²) in [5.74, 6) is 1.93. The van der Waals surface area contributed by atoms with Crippen LogP contribution in [0.2, 0.25) is 0 Å². The lowest BCUT2D eigenvalue weighted by Crippen LogP contribution is -2.30. The van der Waals surface area contributed by atoms with Gasteiger partial charge in [0.05, 0.1) is 19.3 Å². The van der Waals surface area contributed by atoms with Gasteiger partial charge in [0.1, 0.15) is 11.5 Å². The van der Waals surface area contributed by atoms with E-state index in [1.54, 1.807) is 0 Å². The van der Waals surface area contributed by atoms with E-state index < -0.39 is 0 Å². The number of hydrogen-bond acceptors (Lipinski definition) is 3. The average Bonchev–Trinajstić information content (AvgIpc) is 2.62. The molecule has 128 valence electrons. The SMILES string of the molecule is CCCCOc1cccc(C2NCCc3cc(OCC)ccc32)c1. The fourth-order valence-corrected chi connectivity index (χ4v) is 3.21. The average molecular weight is 325 g/mol. The highest BCUT2D eigenvalue weighted by Crippen LogP contribution is 2.32. The number of rotatable bonds is 7. The quantitative estimate of drug-likeness (QED) is 0.760. The number of unbranched alkanes of at least 4 members (excludes halogenated alkanes) is 1. The van der Waals surface area contributed by atoms with Crippen molar-refractivity contribution < 1.29 is 9.47 Å². The van der Waals surface area contributed by atoms with E-state index in [1.807, 2.05) is 13.0 Å². The summed E-state index contributed by atoms with van der Waals surface area (Å²) in [5.41, 5.74) is 3.98. The Kier molecular flexibility index (Phi) is 5.76. The summed E-state index contributed by atoms with van der Waals surface area (Å²) in [6.07, 6.45) is 3.29. The van der Waals surface area contributed by atoms with Crippen molar-refractivity contribution in [1.29, 1.82) is 0 Å². The first kappa shape index (κ1) is 16.8. The molecule has 1 unspecified atom stereocenters. The molecule has 1 heterocycles. The summed E-state index contributed by atoms with van der Waals surface area (Å²) in [6, 6.07) is 15.1. The first-order chi connectivity index (χ1) is 11.8. The van der Waals surface area contributed by atoms with Crippen molar-refractivity contribution in [3.8, 4) is 11.5 Å². The number of nitrogens with one attached hydrogen (secondary N) is 1. The highest BCUT2D eigenvalue weighted by atomic mass is 16.5. The van der Waals surface area contributed by atoms with Gasteiger partial charge in [0.15, 0.2) is 0 Å². The first-order valence-corrected chi connectivity index (χ1v) is 9.03. The number of benzene rings is 2. The van der Waals surface area contributed by atoms with Gasteiger partial charge < -0.3 is 14.8 Å². The van der Waals surface area contributed by atoms with E-state index in [-0.39, 0.29) is 6.04 Å². The van der Waals surface area contributed by atoms with Crippen molar-refractivity contribution in [2.75, 3.05) is 19.8 Å². The Morgan fingerprint density at radius 3 is 2.75 bits per heavy atom. The molecule has 0 bridgehead atoms. The van der Waals surface area contributed by atoms with Crippen LogP contribution in [-0.4, -0.2) is 19.8 Å². The van der Waals surface area contributed by atoms with Crippen molar-refractivity contribution >= 4 is 0 Å². The van der Waals surface area contributed by atoms with E-state index in [0.29, 0.717) is 6.61 Å². The molecule has 1 aliphatic heterocycles. The van der Waals surface area contributed by atoms with Crippen LogP contribution in [0.25, 0.3) is 0 Å². The van der Waals surface area contributed by atoms with Crippen molar-refractivity contribution in [3.05, 3.63) is 59.2 Å². The van der Waals surface area contributed by atoms with Gasteiger partial charge in [-0.1, -0.05) is 31.5 Å². The van der Waals surface area contributed by atoms with Gasteiger partial charge in [-0.05, 0) is 60.7 Å². The van der Waals surface area contributed by atoms with E-state index in [0.717, 1.165) is 43.9 Å². The van der Waals surface area contributed by atoms with Crippen molar-refractivity contribution in [3.63, 3.8) is 0 Å². The third-order valence-corrected chi connectivity index (χ3v) is 4.44. The summed E-state index contributed by atoms with van der Waals surface area (Å²) < 4.78 is 11.5.